The lowest BCUT2D eigenvalue weighted by Gasteiger charge is -2.19. The molecule has 1 rings (SSSR count). The fraction of sp³-hybridized carbons (Fsp3) is 0.500. The van der Waals surface area contributed by atoms with Gasteiger partial charge in [0.1, 0.15) is 11.6 Å². The minimum absolute atomic E-state index is 0.159. The highest BCUT2D eigenvalue weighted by atomic mass is 19.1. The van der Waals surface area contributed by atoms with Crippen LogP contribution < -0.4 is 4.74 Å². The van der Waals surface area contributed by atoms with E-state index in [-0.39, 0.29) is 12.2 Å². The Labute approximate surface area is 112 Å². The Morgan fingerprint density at radius 2 is 2.00 bits per heavy atom. The van der Waals surface area contributed by atoms with Crippen molar-refractivity contribution in [2.24, 2.45) is 0 Å². The van der Waals surface area contributed by atoms with E-state index < -0.39 is 5.97 Å². The molecule has 0 aliphatic carbocycles. The van der Waals surface area contributed by atoms with Crippen LogP contribution >= 0.6 is 0 Å². The van der Waals surface area contributed by atoms with Crippen molar-refractivity contribution in [3.63, 3.8) is 0 Å². The topological polar surface area (TPSA) is 49.8 Å². The van der Waals surface area contributed by atoms with Gasteiger partial charge in [0.2, 0.25) is 0 Å². The first kappa shape index (κ1) is 15.4. The van der Waals surface area contributed by atoms with Crippen molar-refractivity contribution in [2.45, 2.75) is 19.8 Å². The van der Waals surface area contributed by atoms with E-state index in [1.54, 1.807) is 12.1 Å². The Hall–Kier alpha value is -1.62. The molecule has 106 valence electrons. The summed E-state index contributed by atoms with van der Waals surface area (Å²) in [6, 6.07) is 5.91. The molecule has 0 fully saturated rings. The molecule has 1 aromatic rings. The predicted octanol–water partition coefficient (Wildman–Crippen LogP) is 2.39. The second-order valence-corrected chi connectivity index (χ2v) is 4.23. The second kappa shape index (κ2) is 8.48. The SMILES string of the molecule is CCN(CCCOc1ccc(F)cc1)CCC(=O)O. The van der Waals surface area contributed by atoms with Crippen LogP contribution in [0.3, 0.4) is 0 Å². The van der Waals surface area contributed by atoms with E-state index in [9.17, 15) is 9.18 Å². The van der Waals surface area contributed by atoms with Crippen molar-refractivity contribution < 1.29 is 19.0 Å². The summed E-state index contributed by atoms with van der Waals surface area (Å²) in [5.74, 6) is -0.408. The van der Waals surface area contributed by atoms with Crippen molar-refractivity contribution in [3.05, 3.63) is 30.1 Å². The normalized spacial score (nSPS) is 10.7. The molecule has 1 aromatic carbocycles. The number of carbonyl (C=O) groups is 1. The van der Waals surface area contributed by atoms with Gasteiger partial charge in [0.05, 0.1) is 13.0 Å². The zero-order chi connectivity index (χ0) is 14.1. The molecule has 0 aromatic heterocycles. The van der Waals surface area contributed by atoms with Gasteiger partial charge in [-0.3, -0.25) is 4.79 Å². The summed E-state index contributed by atoms with van der Waals surface area (Å²) in [4.78, 5) is 12.6. The molecule has 0 aliphatic heterocycles. The molecular formula is C14H20FNO3. The fourth-order valence-electron chi connectivity index (χ4n) is 1.69. The molecule has 0 saturated heterocycles. The van der Waals surface area contributed by atoms with Crippen LogP contribution in [0.5, 0.6) is 5.75 Å². The number of benzene rings is 1. The number of nitrogens with zero attached hydrogens (tertiary/aromatic N) is 1. The Balaban J connectivity index is 2.18. The van der Waals surface area contributed by atoms with E-state index in [0.29, 0.717) is 18.9 Å². The van der Waals surface area contributed by atoms with E-state index in [2.05, 4.69) is 4.90 Å². The molecule has 0 unspecified atom stereocenters. The number of rotatable bonds is 9. The first-order chi connectivity index (χ1) is 9.11. The lowest BCUT2D eigenvalue weighted by atomic mass is 10.3. The molecule has 0 aliphatic rings. The molecule has 1 N–H and O–H groups in total. The third-order valence-corrected chi connectivity index (χ3v) is 2.79. The lowest BCUT2D eigenvalue weighted by Crippen LogP contribution is -2.28. The van der Waals surface area contributed by atoms with Gasteiger partial charge in [0, 0.05) is 13.1 Å². The number of aliphatic carboxylic acids is 1. The maximum atomic E-state index is 12.7. The summed E-state index contributed by atoms with van der Waals surface area (Å²) in [6.45, 7) is 4.72. The summed E-state index contributed by atoms with van der Waals surface area (Å²) < 4.78 is 18.1. The smallest absolute Gasteiger partial charge is 0.304 e. The monoisotopic (exact) mass is 269 g/mol. The quantitative estimate of drug-likeness (QED) is 0.699. The zero-order valence-corrected chi connectivity index (χ0v) is 11.1. The van der Waals surface area contributed by atoms with Crippen molar-refractivity contribution >= 4 is 5.97 Å². The molecule has 0 heterocycles. The van der Waals surface area contributed by atoms with Gasteiger partial charge in [-0.25, -0.2) is 4.39 Å². The number of halogens is 1. The van der Waals surface area contributed by atoms with Gasteiger partial charge >= 0.3 is 5.97 Å². The number of carboxylic acid groups (broad SMARTS) is 1. The Morgan fingerprint density at radius 3 is 2.58 bits per heavy atom. The number of carboxylic acids is 1. The summed E-state index contributed by atoms with van der Waals surface area (Å²) in [5, 5.41) is 8.62. The van der Waals surface area contributed by atoms with Crippen LogP contribution in [0.4, 0.5) is 4.39 Å². The van der Waals surface area contributed by atoms with Crippen LogP contribution in [-0.4, -0.2) is 42.2 Å². The van der Waals surface area contributed by atoms with Crippen LogP contribution in [0.15, 0.2) is 24.3 Å². The first-order valence-electron chi connectivity index (χ1n) is 6.44. The highest BCUT2D eigenvalue weighted by Gasteiger charge is 2.05. The van der Waals surface area contributed by atoms with Crippen LogP contribution in [0, 0.1) is 5.82 Å². The summed E-state index contributed by atoms with van der Waals surface area (Å²) >= 11 is 0. The molecule has 19 heavy (non-hydrogen) atoms. The predicted molar refractivity (Wildman–Crippen MR) is 70.9 cm³/mol. The van der Waals surface area contributed by atoms with Crippen molar-refractivity contribution in [1.29, 1.82) is 0 Å². The second-order valence-electron chi connectivity index (χ2n) is 4.23. The van der Waals surface area contributed by atoms with Crippen molar-refractivity contribution in [2.75, 3.05) is 26.2 Å². The number of hydrogen-bond acceptors (Lipinski definition) is 3. The summed E-state index contributed by atoms with van der Waals surface area (Å²) in [6.07, 6.45) is 0.970. The maximum Gasteiger partial charge on any atom is 0.304 e. The lowest BCUT2D eigenvalue weighted by molar-refractivity contribution is -0.137. The molecule has 5 heteroatoms. The average molecular weight is 269 g/mol. The van der Waals surface area contributed by atoms with Gasteiger partial charge in [0.15, 0.2) is 0 Å². The Bertz CT molecular complexity index is 381. The summed E-state index contributed by atoms with van der Waals surface area (Å²) in [5.41, 5.74) is 0. The van der Waals surface area contributed by atoms with Crippen LogP contribution in [0.1, 0.15) is 19.8 Å². The van der Waals surface area contributed by atoms with Crippen molar-refractivity contribution in [3.8, 4) is 5.75 Å². The molecule has 0 amide bonds. The van der Waals surface area contributed by atoms with E-state index in [1.165, 1.54) is 12.1 Å². The molecule has 0 spiro atoms. The molecule has 0 radical (unpaired) electrons. The van der Waals surface area contributed by atoms with E-state index in [0.717, 1.165) is 19.5 Å². The molecular weight excluding hydrogens is 249 g/mol. The first-order valence-corrected chi connectivity index (χ1v) is 6.44. The maximum absolute atomic E-state index is 12.7. The third kappa shape index (κ3) is 6.76. The van der Waals surface area contributed by atoms with Crippen LogP contribution in [-0.2, 0) is 4.79 Å². The molecule has 0 bridgehead atoms. The highest BCUT2D eigenvalue weighted by molar-refractivity contribution is 5.66. The largest absolute Gasteiger partial charge is 0.494 e. The van der Waals surface area contributed by atoms with Gasteiger partial charge in [-0.05, 0) is 37.2 Å². The Morgan fingerprint density at radius 1 is 1.32 bits per heavy atom. The average Bonchev–Trinajstić information content (AvgIpc) is 2.40. The fourth-order valence-corrected chi connectivity index (χ4v) is 1.69. The van der Waals surface area contributed by atoms with Gasteiger partial charge in [-0.2, -0.15) is 0 Å². The van der Waals surface area contributed by atoms with Gasteiger partial charge in [-0.1, -0.05) is 6.92 Å². The van der Waals surface area contributed by atoms with Crippen molar-refractivity contribution in [1.82, 2.24) is 4.90 Å². The van der Waals surface area contributed by atoms with Gasteiger partial charge in [0.25, 0.3) is 0 Å². The minimum Gasteiger partial charge on any atom is -0.494 e. The van der Waals surface area contributed by atoms with E-state index in [4.69, 9.17) is 9.84 Å². The minimum atomic E-state index is -0.777. The molecule has 0 saturated carbocycles. The van der Waals surface area contributed by atoms with E-state index >= 15 is 0 Å². The standard InChI is InChI=1S/C14H20FNO3/c1-2-16(10-8-14(17)18)9-3-11-19-13-6-4-12(15)5-7-13/h4-7H,2-3,8-11H2,1H3,(H,17,18). The van der Waals surface area contributed by atoms with Crippen LogP contribution in [0.2, 0.25) is 0 Å². The van der Waals surface area contributed by atoms with E-state index in [1.807, 2.05) is 6.92 Å². The Kier molecular flexibility index (Phi) is 6.89. The number of ether oxygens (including phenoxy) is 1. The highest BCUT2D eigenvalue weighted by Crippen LogP contribution is 2.11. The van der Waals surface area contributed by atoms with Crippen LogP contribution in [0.25, 0.3) is 0 Å². The zero-order valence-electron chi connectivity index (χ0n) is 11.1. The number of hydrogen-bond donors (Lipinski definition) is 1. The summed E-state index contributed by atoms with van der Waals surface area (Å²) in [7, 11) is 0. The van der Waals surface area contributed by atoms with Gasteiger partial charge < -0.3 is 14.7 Å². The van der Waals surface area contributed by atoms with Gasteiger partial charge in [-0.15, -0.1) is 0 Å². The third-order valence-electron chi connectivity index (χ3n) is 2.79. The molecule has 4 nitrogen and oxygen atoms in total. The molecule has 0 atom stereocenters.